The normalized spacial score (nSPS) is 16.4. The van der Waals surface area contributed by atoms with E-state index in [1.165, 1.54) is 19.1 Å². The van der Waals surface area contributed by atoms with Crippen molar-refractivity contribution < 1.29 is 22.7 Å². The number of aromatic nitrogens is 3. The molecule has 0 aliphatic carbocycles. The van der Waals surface area contributed by atoms with Crippen LogP contribution < -0.4 is 10.1 Å². The zero-order valence-corrected chi connectivity index (χ0v) is 18.2. The van der Waals surface area contributed by atoms with Crippen LogP contribution in [0.15, 0.2) is 60.4 Å². The second kappa shape index (κ2) is 8.61. The molecule has 1 amide bonds. The van der Waals surface area contributed by atoms with E-state index in [1.807, 2.05) is 37.0 Å². The topological polar surface area (TPSA) is 71.8 Å². The first-order valence-corrected chi connectivity index (χ1v) is 10.2. The number of nitrogens with one attached hydrogen (secondary N) is 1. The van der Waals surface area contributed by atoms with E-state index in [-0.39, 0.29) is 24.2 Å². The Morgan fingerprint density at radius 1 is 1.21 bits per heavy atom. The molecule has 3 heterocycles. The third kappa shape index (κ3) is 5.00. The quantitative estimate of drug-likeness (QED) is 0.597. The summed E-state index contributed by atoms with van der Waals surface area (Å²) < 4.78 is 44.3. The summed E-state index contributed by atoms with van der Waals surface area (Å²) in [7, 11) is 0. The van der Waals surface area contributed by atoms with E-state index in [1.54, 1.807) is 28.9 Å². The Hall–Kier alpha value is -3.82. The van der Waals surface area contributed by atoms with Crippen molar-refractivity contribution in [2.75, 3.05) is 5.32 Å². The standard InChI is InChI=1S/C23H22F3N5O2/c1-14-8-9-18(19-10-11-22-28-21(27-16(3)32)13-31(22)29-19)15(2)30(14)12-17-6-4-5-7-20(17)33-23(24,25)26/h4-11,13-14H,12H2,1-3H3,(H,27,32). The number of hydrogen-bond donors (Lipinski definition) is 1. The van der Waals surface area contributed by atoms with Gasteiger partial charge in [-0.05, 0) is 32.0 Å². The summed E-state index contributed by atoms with van der Waals surface area (Å²) >= 11 is 0. The molecule has 1 aliphatic rings. The Balaban J connectivity index is 1.66. The number of anilines is 1. The Morgan fingerprint density at radius 2 is 1.97 bits per heavy atom. The molecular weight excluding hydrogens is 435 g/mol. The van der Waals surface area contributed by atoms with Crippen LogP contribution >= 0.6 is 0 Å². The van der Waals surface area contributed by atoms with E-state index >= 15 is 0 Å². The van der Waals surface area contributed by atoms with Crippen molar-refractivity contribution in [2.45, 2.75) is 39.7 Å². The molecule has 0 bridgehead atoms. The molecule has 1 N–H and O–H groups in total. The first-order chi connectivity index (χ1) is 15.6. The summed E-state index contributed by atoms with van der Waals surface area (Å²) in [6.45, 7) is 5.51. The monoisotopic (exact) mass is 457 g/mol. The van der Waals surface area contributed by atoms with Gasteiger partial charge >= 0.3 is 6.36 Å². The van der Waals surface area contributed by atoms with Crippen molar-refractivity contribution in [3.05, 3.63) is 71.7 Å². The SMILES string of the molecule is CC(=O)Nc1cn2nc(C3=C(C)N(Cc4ccccc4OC(F)(F)F)C(C)C=C3)ccc2n1. The van der Waals surface area contributed by atoms with Crippen LogP contribution in [0.3, 0.4) is 0 Å². The van der Waals surface area contributed by atoms with Gasteiger partial charge in [0.15, 0.2) is 11.5 Å². The van der Waals surface area contributed by atoms with Crippen molar-refractivity contribution in [1.82, 2.24) is 19.5 Å². The molecule has 1 unspecified atom stereocenters. The van der Waals surface area contributed by atoms with Crippen molar-refractivity contribution in [3.63, 3.8) is 0 Å². The first-order valence-electron chi connectivity index (χ1n) is 10.2. The number of allylic oxidation sites excluding steroid dienone is 3. The van der Waals surface area contributed by atoms with Crippen molar-refractivity contribution >= 4 is 22.9 Å². The van der Waals surface area contributed by atoms with Gasteiger partial charge in [-0.3, -0.25) is 4.79 Å². The second-order valence-electron chi connectivity index (χ2n) is 7.71. The lowest BCUT2D eigenvalue weighted by Crippen LogP contribution is -2.32. The number of nitrogens with zero attached hydrogens (tertiary/aromatic N) is 4. The molecule has 2 aromatic heterocycles. The number of fused-ring (bicyclic) bond motifs is 1. The molecule has 0 radical (unpaired) electrons. The third-order valence-corrected chi connectivity index (χ3v) is 5.29. The predicted molar refractivity (Wildman–Crippen MR) is 117 cm³/mol. The minimum absolute atomic E-state index is 0.0453. The van der Waals surface area contributed by atoms with Crippen LogP contribution in [0.25, 0.3) is 11.2 Å². The van der Waals surface area contributed by atoms with Gasteiger partial charge < -0.3 is 15.0 Å². The van der Waals surface area contributed by atoms with Crippen LogP contribution in [0.2, 0.25) is 0 Å². The average molecular weight is 457 g/mol. The highest BCUT2D eigenvalue weighted by Crippen LogP contribution is 2.32. The van der Waals surface area contributed by atoms with Gasteiger partial charge in [0.2, 0.25) is 5.91 Å². The molecule has 0 fully saturated rings. The fourth-order valence-corrected chi connectivity index (χ4v) is 3.76. The molecule has 3 aromatic rings. The average Bonchev–Trinajstić information content (AvgIpc) is 3.12. The van der Waals surface area contributed by atoms with Crippen molar-refractivity contribution in [1.29, 1.82) is 0 Å². The van der Waals surface area contributed by atoms with E-state index in [2.05, 4.69) is 20.1 Å². The van der Waals surface area contributed by atoms with Gasteiger partial charge in [0.05, 0.1) is 11.9 Å². The molecule has 33 heavy (non-hydrogen) atoms. The number of carbonyl (C=O) groups excluding carboxylic acids is 1. The van der Waals surface area contributed by atoms with Crippen LogP contribution in [0, 0.1) is 0 Å². The van der Waals surface area contributed by atoms with E-state index in [0.717, 1.165) is 11.3 Å². The Kier molecular flexibility index (Phi) is 5.84. The lowest BCUT2D eigenvalue weighted by atomic mass is 10.0. The first kappa shape index (κ1) is 22.4. The summed E-state index contributed by atoms with van der Waals surface area (Å²) in [4.78, 5) is 17.6. The fraction of sp³-hybridized carbons (Fsp3) is 0.261. The van der Waals surface area contributed by atoms with Gasteiger partial charge in [0.25, 0.3) is 0 Å². The number of imidazole rings is 1. The summed E-state index contributed by atoms with van der Waals surface area (Å²) in [5.41, 5.74) is 3.36. The van der Waals surface area contributed by atoms with Gasteiger partial charge in [0, 0.05) is 36.3 Å². The predicted octanol–water partition coefficient (Wildman–Crippen LogP) is 4.78. The van der Waals surface area contributed by atoms with Gasteiger partial charge in [-0.2, -0.15) is 5.10 Å². The van der Waals surface area contributed by atoms with Crippen LogP contribution in [0.5, 0.6) is 5.75 Å². The minimum Gasteiger partial charge on any atom is -0.405 e. The molecule has 1 aliphatic heterocycles. The zero-order valence-electron chi connectivity index (χ0n) is 18.2. The molecule has 0 saturated heterocycles. The number of ether oxygens (including phenoxy) is 1. The van der Waals surface area contributed by atoms with E-state index in [9.17, 15) is 18.0 Å². The maximum atomic E-state index is 12.8. The van der Waals surface area contributed by atoms with Crippen LogP contribution in [0.1, 0.15) is 32.0 Å². The maximum Gasteiger partial charge on any atom is 0.573 e. The number of para-hydroxylation sites is 1. The molecule has 1 aromatic carbocycles. The molecule has 1 atom stereocenters. The molecule has 172 valence electrons. The molecule has 10 heteroatoms. The van der Waals surface area contributed by atoms with Gasteiger partial charge in [0.1, 0.15) is 5.75 Å². The number of hydrogen-bond acceptors (Lipinski definition) is 5. The number of carbonyl (C=O) groups is 1. The highest BCUT2D eigenvalue weighted by Gasteiger charge is 2.32. The van der Waals surface area contributed by atoms with Crippen LogP contribution in [-0.4, -0.2) is 37.8 Å². The molecular formula is C23H22F3N5O2. The van der Waals surface area contributed by atoms with Gasteiger partial charge in [-0.1, -0.05) is 30.4 Å². The molecule has 7 nitrogen and oxygen atoms in total. The Labute approximate surface area is 188 Å². The summed E-state index contributed by atoms with van der Waals surface area (Å²) in [6.07, 6.45) is 0.778. The van der Waals surface area contributed by atoms with E-state index in [0.29, 0.717) is 22.7 Å². The summed E-state index contributed by atoms with van der Waals surface area (Å²) in [6, 6.07) is 9.69. The van der Waals surface area contributed by atoms with Crippen molar-refractivity contribution in [3.8, 4) is 5.75 Å². The largest absolute Gasteiger partial charge is 0.573 e. The third-order valence-electron chi connectivity index (χ3n) is 5.29. The molecule has 0 spiro atoms. The highest BCUT2D eigenvalue weighted by molar-refractivity contribution is 5.87. The Morgan fingerprint density at radius 3 is 2.70 bits per heavy atom. The lowest BCUT2D eigenvalue weighted by molar-refractivity contribution is -0.275. The number of halogens is 3. The highest BCUT2D eigenvalue weighted by atomic mass is 19.4. The maximum absolute atomic E-state index is 12.8. The van der Waals surface area contributed by atoms with Crippen LogP contribution in [-0.2, 0) is 11.3 Å². The Bertz CT molecular complexity index is 1260. The number of amides is 1. The smallest absolute Gasteiger partial charge is 0.405 e. The minimum atomic E-state index is -4.76. The lowest BCUT2D eigenvalue weighted by Gasteiger charge is -2.35. The second-order valence-corrected chi connectivity index (χ2v) is 7.71. The molecule has 0 saturated carbocycles. The van der Waals surface area contributed by atoms with Gasteiger partial charge in [-0.25, -0.2) is 9.50 Å². The zero-order chi connectivity index (χ0) is 23.8. The summed E-state index contributed by atoms with van der Waals surface area (Å²) in [5, 5.41) is 7.23. The summed E-state index contributed by atoms with van der Waals surface area (Å²) in [5.74, 6) is -0.0510. The van der Waals surface area contributed by atoms with E-state index < -0.39 is 6.36 Å². The number of alkyl halides is 3. The van der Waals surface area contributed by atoms with Crippen molar-refractivity contribution in [2.24, 2.45) is 0 Å². The van der Waals surface area contributed by atoms with Crippen LogP contribution in [0.4, 0.5) is 19.0 Å². The number of rotatable bonds is 5. The fourth-order valence-electron chi connectivity index (χ4n) is 3.76. The van der Waals surface area contributed by atoms with E-state index in [4.69, 9.17) is 0 Å². The number of benzene rings is 1. The molecule has 4 rings (SSSR count). The van der Waals surface area contributed by atoms with Gasteiger partial charge in [-0.15, -0.1) is 13.2 Å².